The van der Waals surface area contributed by atoms with Crippen molar-refractivity contribution in [1.29, 1.82) is 0 Å². The second kappa shape index (κ2) is 8.73. The number of nitrogens with zero attached hydrogens (tertiary/aromatic N) is 3. The van der Waals surface area contributed by atoms with E-state index in [-0.39, 0.29) is 19.2 Å². The van der Waals surface area contributed by atoms with E-state index in [0.717, 1.165) is 29.9 Å². The molecule has 0 radical (unpaired) electrons. The maximum Gasteiger partial charge on any atom is 0.416 e. The lowest BCUT2D eigenvalue weighted by molar-refractivity contribution is -0.143. The Hall–Kier alpha value is -3.02. The van der Waals surface area contributed by atoms with Crippen molar-refractivity contribution in [1.82, 2.24) is 20.0 Å². The van der Waals surface area contributed by atoms with E-state index in [2.05, 4.69) is 16.5 Å². The fraction of sp³-hybridized carbons (Fsp3) is 0.429. The number of hydrogen-bond donors (Lipinski definition) is 1. The fourth-order valence-corrected chi connectivity index (χ4v) is 3.76. The van der Waals surface area contributed by atoms with Gasteiger partial charge < -0.3 is 15.0 Å². The molecule has 4 rings (SSSR count). The highest BCUT2D eigenvalue weighted by Crippen LogP contribution is 2.36. The predicted molar refractivity (Wildman–Crippen MR) is 105 cm³/mol. The van der Waals surface area contributed by atoms with Crippen LogP contribution in [-0.2, 0) is 36.8 Å². The van der Waals surface area contributed by atoms with E-state index in [1.807, 2.05) is 6.07 Å². The Labute approximate surface area is 184 Å². The molecule has 33 heavy (non-hydrogen) atoms. The van der Waals surface area contributed by atoms with E-state index in [1.54, 1.807) is 4.68 Å². The maximum absolute atomic E-state index is 13.0. The van der Waals surface area contributed by atoms with Gasteiger partial charge in [-0.1, -0.05) is 6.08 Å². The van der Waals surface area contributed by atoms with Crippen molar-refractivity contribution in [2.45, 2.75) is 38.5 Å². The molecule has 0 fully saturated rings. The lowest BCUT2D eigenvalue weighted by Crippen LogP contribution is -2.38. The molecule has 0 saturated carbocycles. The molecule has 0 bridgehead atoms. The molecular formula is C21H20F6N4O2. The minimum absolute atomic E-state index is 0.0337. The molecule has 1 aromatic carbocycles. The van der Waals surface area contributed by atoms with Gasteiger partial charge in [0.1, 0.15) is 6.61 Å². The van der Waals surface area contributed by atoms with Crippen molar-refractivity contribution in [2.24, 2.45) is 0 Å². The summed E-state index contributed by atoms with van der Waals surface area (Å²) in [7, 11) is 0. The van der Waals surface area contributed by atoms with Crippen molar-refractivity contribution >= 4 is 11.7 Å². The molecule has 178 valence electrons. The van der Waals surface area contributed by atoms with Gasteiger partial charge in [0.15, 0.2) is 0 Å². The van der Waals surface area contributed by atoms with Gasteiger partial charge in [-0.25, -0.2) is 4.79 Å². The van der Waals surface area contributed by atoms with Crippen LogP contribution < -0.4 is 5.32 Å². The quantitative estimate of drug-likeness (QED) is 0.668. The first kappa shape index (κ1) is 23.1. The normalized spacial score (nSPS) is 16.9. The van der Waals surface area contributed by atoms with Gasteiger partial charge in [0.25, 0.3) is 0 Å². The monoisotopic (exact) mass is 474 g/mol. The first-order valence-electron chi connectivity index (χ1n) is 10.2. The van der Waals surface area contributed by atoms with Gasteiger partial charge in [0.2, 0.25) is 0 Å². The van der Waals surface area contributed by atoms with Crippen LogP contribution in [0.25, 0.3) is 5.57 Å². The van der Waals surface area contributed by atoms with E-state index in [0.29, 0.717) is 25.2 Å². The summed E-state index contributed by atoms with van der Waals surface area (Å²) < 4.78 is 84.8. The van der Waals surface area contributed by atoms with E-state index in [4.69, 9.17) is 4.74 Å². The first-order chi connectivity index (χ1) is 15.5. The third-order valence-corrected chi connectivity index (χ3v) is 5.42. The Morgan fingerprint density at radius 3 is 2.33 bits per heavy atom. The number of ether oxygens (including phenoxy) is 1. The van der Waals surface area contributed by atoms with Gasteiger partial charge in [0, 0.05) is 13.1 Å². The number of aromatic nitrogens is 2. The number of benzene rings is 1. The molecule has 2 aliphatic heterocycles. The maximum atomic E-state index is 13.0. The molecule has 0 atom stereocenters. The number of hydrogen-bond acceptors (Lipinski definition) is 4. The summed E-state index contributed by atoms with van der Waals surface area (Å²) in [5.41, 5.74) is -0.684. The van der Waals surface area contributed by atoms with Crippen LogP contribution in [-0.4, -0.2) is 40.4 Å². The van der Waals surface area contributed by atoms with Gasteiger partial charge in [-0.05, 0) is 48.4 Å². The molecule has 2 aromatic rings. The smallest absolute Gasteiger partial charge is 0.416 e. The Morgan fingerprint density at radius 2 is 1.73 bits per heavy atom. The topological polar surface area (TPSA) is 59.4 Å². The minimum Gasteiger partial charge on any atom is -0.445 e. The second-order valence-corrected chi connectivity index (χ2v) is 7.83. The number of carbonyl (C=O) groups excluding carboxylic acids is 1. The number of nitrogens with one attached hydrogen (secondary N) is 1. The summed E-state index contributed by atoms with van der Waals surface area (Å²) in [4.78, 5) is 13.8. The van der Waals surface area contributed by atoms with Crippen LogP contribution in [0.2, 0.25) is 0 Å². The van der Waals surface area contributed by atoms with Gasteiger partial charge in [-0.15, -0.1) is 0 Å². The van der Waals surface area contributed by atoms with Gasteiger partial charge in [-0.2, -0.15) is 31.4 Å². The molecule has 1 N–H and O–H groups in total. The summed E-state index contributed by atoms with van der Waals surface area (Å²) in [5, 5.41) is 7.80. The summed E-state index contributed by atoms with van der Waals surface area (Å²) in [6.07, 6.45) is -7.77. The number of amides is 1. The van der Waals surface area contributed by atoms with Crippen molar-refractivity contribution < 1.29 is 35.9 Å². The summed E-state index contributed by atoms with van der Waals surface area (Å²) in [6.45, 7) is 1.69. The Morgan fingerprint density at radius 1 is 1.03 bits per heavy atom. The van der Waals surface area contributed by atoms with Crippen LogP contribution in [0.15, 0.2) is 30.3 Å². The third kappa shape index (κ3) is 5.32. The van der Waals surface area contributed by atoms with E-state index < -0.39 is 41.7 Å². The van der Waals surface area contributed by atoms with E-state index in [9.17, 15) is 31.1 Å². The number of alkyl halides is 6. The van der Waals surface area contributed by atoms with Crippen LogP contribution in [0.1, 0.15) is 34.5 Å². The summed E-state index contributed by atoms with van der Waals surface area (Å²) in [6, 6.07) is 2.99. The number of rotatable bonds is 3. The lowest BCUT2D eigenvalue weighted by Gasteiger charge is -2.27. The van der Waals surface area contributed by atoms with E-state index >= 15 is 0 Å². The highest BCUT2D eigenvalue weighted by atomic mass is 19.4. The summed E-state index contributed by atoms with van der Waals surface area (Å²) >= 11 is 0. The minimum atomic E-state index is -4.97. The zero-order valence-electron chi connectivity index (χ0n) is 17.3. The van der Waals surface area contributed by atoms with Gasteiger partial charge in [0.05, 0.1) is 35.6 Å². The van der Waals surface area contributed by atoms with Crippen molar-refractivity contribution in [3.8, 4) is 0 Å². The zero-order valence-corrected chi connectivity index (χ0v) is 17.3. The lowest BCUT2D eigenvalue weighted by atomic mass is 10.1. The van der Waals surface area contributed by atoms with Gasteiger partial charge >= 0.3 is 18.4 Å². The highest BCUT2D eigenvalue weighted by Gasteiger charge is 2.37. The molecule has 12 heteroatoms. The first-order valence-corrected chi connectivity index (χ1v) is 10.2. The molecule has 3 heterocycles. The number of fused-ring (bicyclic) bond motifs is 1. The summed E-state index contributed by atoms with van der Waals surface area (Å²) in [5.74, 6) is 0. The molecule has 0 saturated heterocycles. The highest BCUT2D eigenvalue weighted by molar-refractivity contribution is 5.68. The molecule has 0 spiro atoms. The number of halogens is 6. The molecule has 2 aliphatic rings. The standard InChI is InChI=1S/C21H20F6N4O2/c22-20(23,24)15-6-13(7-16(8-15)21(25,26)27)12-33-19(32)30-4-5-31-17(11-30)9-18(29-31)14-2-1-3-28-10-14/h2,6-9,28H,1,3-5,10-12H2. The zero-order chi connectivity index (χ0) is 23.8. The molecular weight excluding hydrogens is 454 g/mol. The predicted octanol–water partition coefficient (Wildman–Crippen LogP) is 4.45. The Kier molecular flexibility index (Phi) is 6.12. The van der Waals surface area contributed by atoms with Crippen LogP contribution in [0, 0.1) is 0 Å². The van der Waals surface area contributed by atoms with Crippen molar-refractivity contribution in [3.05, 3.63) is 58.4 Å². The van der Waals surface area contributed by atoms with Crippen molar-refractivity contribution in [3.63, 3.8) is 0 Å². The van der Waals surface area contributed by atoms with Crippen LogP contribution in [0.5, 0.6) is 0 Å². The SMILES string of the molecule is O=C(OCc1cc(C(F)(F)F)cc(C(F)(F)F)c1)N1CCn2nc(C3=CCCNC3)cc2C1. The fourth-order valence-electron chi connectivity index (χ4n) is 3.76. The average molecular weight is 474 g/mol. The molecule has 1 aromatic heterocycles. The molecule has 6 nitrogen and oxygen atoms in total. The van der Waals surface area contributed by atoms with Crippen LogP contribution in [0.3, 0.4) is 0 Å². The third-order valence-electron chi connectivity index (χ3n) is 5.42. The average Bonchev–Trinajstić information content (AvgIpc) is 3.20. The number of carbonyl (C=O) groups is 1. The second-order valence-electron chi connectivity index (χ2n) is 7.83. The molecule has 0 unspecified atom stereocenters. The van der Waals surface area contributed by atoms with Gasteiger partial charge in [-0.3, -0.25) is 4.68 Å². The van der Waals surface area contributed by atoms with Crippen LogP contribution in [0.4, 0.5) is 31.1 Å². The molecule has 0 aliphatic carbocycles. The Bertz CT molecular complexity index is 1040. The van der Waals surface area contributed by atoms with E-state index in [1.165, 1.54) is 4.90 Å². The Balaban J connectivity index is 1.44. The van der Waals surface area contributed by atoms with Crippen molar-refractivity contribution in [2.75, 3.05) is 19.6 Å². The van der Waals surface area contributed by atoms with Crippen LogP contribution >= 0.6 is 0 Å². The molecule has 1 amide bonds. The largest absolute Gasteiger partial charge is 0.445 e.